The van der Waals surface area contributed by atoms with Gasteiger partial charge in [-0.25, -0.2) is 13.6 Å². The molecule has 0 saturated carbocycles. The molecule has 0 radical (unpaired) electrons. The number of ether oxygens (including phenoxy) is 1. The van der Waals surface area contributed by atoms with E-state index in [0.717, 1.165) is 0 Å². The molecular formula is C14H22N2O4S. The highest BCUT2D eigenvalue weighted by atomic mass is 32.2. The van der Waals surface area contributed by atoms with Crippen molar-refractivity contribution in [3.63, 3.8) is 0 Å². The Morgan fingerprint density at radius 1 is 1.29 bits per heavy atom. The van der Waals surface area contributed by atoms with E-state index in [1.807, 2.05) is 13.8 Å². The zero-order valence-electron chi connectivity index (χ0n) is 12.8. The molecule has 1 rings (SSSR count). The monoisotopic (exact) mass is 314 g/mol. The third-order valence-corrected chi connectivity index (χ3v) is 3.98. The Balaban J connectivity index is 2.73. The molecule has 21 heavy (non-hydrogen) atoms. The quantitative estimate of drug-likeness (QED) is 0.825. The van der Waals surface area contributed by atoms with E-state index in [9.17, 15) is 13.2 Å². The van der Waals surface area contributed by atoms with E-state index < -0.39 is 10.0 Å². The van der Waals surface area contributed by atoms with Crippen LogP contribution in [0.2, 0.25) is 0 Å². The summed E-state index contributed by atoms with van der Waals surface area (Å²) in [5.74, 6) is 0.439. The fourth-order valence-corrected chi connectivity index (χ4v) is 3.11. The van der Waals surface area contributed by atoms with Gasteiger partial charge in [-0.1, -0.05) is 0 Å². The standard InChI is InChI=1S/C14H22N2O4S/c1-9(2)16-13(17)5-6-20-12-7-10(3)14(11(4)8-12)21(15,18)19/h7-9H,5-6H2,1-4H3,(H,16,17)(H2,15,18,19). The van der Waals surface area contributed by atoms with Gasteiger partial charge >= 0.3 is 0 Å². The van der Waals surface area contributed by atoms with Crippen LogP contribution in [0.3, 0.4) is 0 Å². The minimum Gasteiger partial charge on any atom is -0.493 e. The Hall–Kier alpha value is -1.60. The third-order valence-electron chi connectivity index (χ3n) is 2.77. The molecule has 1 amide bonds. The second kappa shape index (κ2) is 6.91. The van der Waals surface area contributed by atoms with Gasteiger partial charge in [-0.2, -0.15) is 0 Å². The molecule has 3 N–H and O–H groups in total. The predicted molar refractivity (Wildman–Crippen MR) is 80.7 cm³/mol. The van der Waals surface area contributed by atoms with Crippen molar-refractivity contribution in [2.75, 3.05) is 6.61 Å². The average molecular weight is 314 g/mol. The number of hydrogen-bond acceptors (Lipinski definition) is 4. The second-order valence-corrected chi connectivity index (χ2v) is 6.75. The number of rotatable bonds is 6. The fraction of sp³-hybridized carbons (Fsp3) is 0.500. The lowest BCUT2D eigenvalue weighted by Crippen LogP contribution is -2.31. The first-order chi connectivity index (χ1) is 9.61. The van der Waals surface area contributed by atoms with Crippen molar-refractivity contribution < 1.29 is 17.9 Å². The van der Waals surface area contributed by atoms with Gasteiger partial charge in [-0.05, 0) is 51.0 Å². The first kappa shape index (κ1) is 17.5. The first-order valence-electron chi connectivity index (χ1n) is 6.67. The lowest BCUT2D eigenvalue weighted by atomic mass is 10.1. The lowest BCUT2D eigenvalue weighted by Gasteiger charge is -2.12. The molecule has 0 aliphatic carbocycles. The Morgan fingerprint density at radius 2 is 1.81 bits per heavy atom. The van der Waals surface area contributed by atoms with Crippen LogP contribution in [0.15, 0.2) is 17.0 Å². The van der Waals surface area contributed by atoms with Crippen LogP contribution in [0.25, 0.3) is 0 Å². The van der Waals surface area contributed by atoms with Crippen LogP contribution in [0, 0.1) is 13.8 Å². The van der Waals surface area contributed by atoms with Gasteiger partial charge < -0.3 is 10.1 Å². The van der Waals surface area contributed by atoms with Gasteiger partial charge in [0.2, 0.25) is 15.9 Å². The number of carbonyl (C=O) groups is 1. The molecule has 0 spiro atoms. The summed E-state index contributed by atoms with van der Waals surface area (Å²) in [6.07, 6.45) is 0.243. The molecule has 6 nitrogen and oxygen atoms in total. The highest BCUT2D eigenvalue weighted by molar-refractivity contribution is 7.89. The van der Waals surface area contributed by atoms with Crippen molar-refractivity contribution in [3.8, 4) is 5.75 Å². The maximum Gasteiger partial charge on any atom is 0.238 e. The number of amides is 1. The summed E-state index contributed by atoms with van der Waals surface area (Å²) in [4.78, 5) is 11.6. The first-order valence-corrected chi connectivity index (χ1v) is 8.22. The van der Waals surface area contributed by atoms with Gasteiger partial charge in [0, 0.05) is 6.04 Å². The van der Waals surface area contributed by atoms with Crippen LogP contribution in [0.1, 0.15) is 31.4 Å². The highest BCUT2D eigenvalue weighted by Crippen LogP contribution is 2.24. The van der Waals surface area contributed by atoms with E-state index >= 15 is 0 Å². The summed E-state index contributed by atoms with van der Waals surface area (Å²) in [6.45, 7) is 7.32. The largest absolute Gasteiger partial charge is 0.493 e. The molecular weight excluding hydrogens is 292 g/mol. The Kier molecular flexibility index (Phi) is 5.74. The van der Waals surface area contributed by atoms with Crippen molar-refractivity contribution in [3.05, 3.63) is 23.3 Å². The lowest BCUT2D eigenvalue weighted by molar-refractivity contribution is -0.122. The van der Waals surface area contributed by atoms with Crippen LogP contribution in [-0.4, -0.2) is 27.0 Å². The number of primary sulfonamides is 1. The molecule has 0 bridgehead atoms. The Labute approximate surface area is 125 Å². The van der Waals surface area contributed by atoms with Crippen molar-refractivity contribution in [1.82, 2.24) is 5.32 Å². The number of nitrogens with two attached hydrogens (primary N) is 1. The molecule has 118 valence electrons. The summed E-state index contributed by atoms with van der Waals surface area (Å²) in [5.41, 5.74) is 1.05. The van der Waals surface area contributed by atoms with Crippen LogP contribution in [0.4, 0.5) is 0 Å². The zero-order valence-corrected chi connectivity index (χ0v) is 13.6. The summed E-state index contributed by atoms with van der Waals surface area (Å²) in [6, 6.07) is 3.30. The zero-order chi connectivity index (χ0) is 16.2. The SMILES string of the molecule is Cc1cc(OCCC(=O)NC(C)C)cc(C)c1S(N)(=O)=O. The van der Waals surface area contributed by atoms with Crippen molar-refractivity contribution in [2.45, 2.75) is 45.1 Å². The van der Waals surface area contributed by atoms with Crippen molar-refractivity contribution in [1.29, 1.82) is 0 Å². The fourth-order valence-electron chi connectivity index (χ4n) is 2.10. The molecule has 0 heterocycles. The average Bonchev–Trinajstić information content (AvgIpc) is 2.24. The molecule has 0 aliphatic heterocycles. The maximum atomic E-state index is 11.5. The van der Waals surface area contributed by atoms with Crippen LogP contribution in [-0.2, 0) is 14.8 Å². The molecule has 0 atom stereocenters. The van der Waals surface area contributed by atoms with Gasteiger partial charge in [0.1, 0.15) is 5.75 Å². The van der Waals surface area contributed by atoms with Gasteiger partial charge in [-0.15, -0.1) is 0 Å². The summed E-state index contributed by atoms with van der Waals surface area (Å²) >= 11 is 0. The van der Waals surface area contributed by atoms with Crippen molar-refractivity contribution >= 4 is 15.9 Å². The van der Waals surface area contributed by atoms with E-state index in [1.54, 1.807) is 26.0 Å². The van der Waals surface area contributed by atoms with Gasteiger partial charge in [-0.3, -0.25) is 4.79 Å². The van der Waals surface area contributed by atoms with Crippen molar-refractivity contribution in [2.24, 2.45) is 5.14 Å². The van der Waals surface area contributed by atoms with Gasteiger partial charge in [0.05, 0.1) is 17.9 Å². The minimum absolute atomic E-state index is 0.0837. The summed E-state index contributed by atoms with van der Waals surface area (Å²) < 4.78 is 28.4. The van der Waals surface area contributed by atoms with E-state index in [4.69, 9.17) is 9.88 Å². The molecule has 0 saturated heterocycles. The predicted octanol–water partition coefficient (Wildman–Crippen LogP) is 1.24. The molecule has 0 aromatic heterocycles. The molecule has 1 aromatic rings. The third kappa shape index (κ3) is 5.35. The number of carbonyl (C=O) groups excluding carboxylic acids is 1. The molecule has 0 aliphatic rings. The van der Waals surface area contributed by atoms with Crippen LogP contribution in [0.5, 0.6) is 5.75 Å². The maximum absolute atomic E-state index is 11.5. The second-order valence-electron chi connectivity index (χ2n) is 5.25. The number of nitrogens with one attached hydrogen (secondary N) is 1. The Bertz CT molecular complexity index is 601. The van der Waals surface area contributed by atoms with Crippen LogP contribution >= 0.6 is 0 Å². The molecule has 0 unspecified atom stereocenters. The Morgan fingerprint density at radius 3 is 2.24 bits per heavy atom. The summed E-state index contributed by atoms with van der Waals surface area (Å²) in [7, 11) is -3.75. The number of benzene rings is 1. The van der Waals surface area contributed by atoms with E-state index in [2.05, 4.69) is 5.32 Å². The molecule has 0 fully saturated rings. The van der Waals surface area contributed by atoms with Crippen LogP contribution < -0.4 is 15.2 Å². The highest BCUT2D eigenvalue weighted by Gasteiger charge is 2.16. The van der Waals surface area contributed by atoms with Gasteiger partial charge in [0.15, 0.2) is 0 Å². The van der Waals surface area contributed by atoms with E-state index in [0.29, 0.717) is 16.9 Å². The number of sulfonamides is 1. The van der Waals surface area contributed by atoms with E-state index in [-0.39, 0.29) is 29.9 Å². The van der Waals surface area contributed by atoms with Gasteiger partial charge in [0.25, 0.3) is 0 Å². The normalized spacial score (nSPS) is 11.5. The topological polar surface area (TPSA) is 98.5 Å². The number of hydrogen-bond donors (Lipinski definition) is 2. The molecule has 7 heteroatoms. The summed E-state index contributed by atoms with van der Waals surface area (Å²) in [5, 5.41) is 7.94. The minimum atomic E-state index is -3.75. The van der Waals surface area contributed by atoms with E-state index in [1.165, 1.54) is 0 Å². The molecule has 1 aromatic carbocycles. The smallest absolute Gasteiger partial charge is 0.238 e. The number of aryl methyl sites for hydroxylation is 2.